The predicted octanol–water partition coefficient (Wildman–Crippen LogP) is 2.83. The van der Waals surface area contributed by atoms with Crippen molar-refractivity contribution in [3.8, 4) is 0 Å². The minimum Gasteiger partial charge on any atom is -0.354 e. The van der Waals surface area contributed by atoms with Crippen LogP contribution in [0.4, 0.5) is 0 Å². The number of amides is 2. The second-order valence-corrected chi connectivity index (χ2v) is 7.17. The van der Waals surface area contributed by atoms with Crippen LogP contribution in [0, 0.1) is 0 Å². The number of carbonyl (C=O) groups excluding carboxylic acids is 2. The lowest BCUT2D eigenvalue weighted by Crippen LogP contribution is -2.40. The molecule has 1 atom stereocenters. The average molecular weight is 388 g/mol. The molecule has 0 bridgehead atoms. The lowest BCUT2D eigenvalue weighted by molar-refractivity contribution is -0.125. The Balaban J connectivity index is 1.43. The molecular weight excluding hydrogens is 364 g/mol. The van der Waals surface area contributed by atoms with Crippen LogP contribution in [-0.4, -0.2) is 39.4 Å². The highest BCUT2D eigenvalue weighted by molar-refractivity contribution is 6.04. The first-order chi connectivity index (χ1) is 14.2. The lowest BCUT2D eigenvalue weighted by Gasteiger charge is -2.24. The topological polar surface area (TPSA) is 67.2 Å². The molecule has 29 heavy (non-hydrogen) atoms. The van der Waals surface area contributed by atoms with E-state index in [0.29, 0.717) is 18.7 Å². The number of aromatic nitrogens is 2. The van der Waals surface area contributed by atoms with Crippen LogP contribution in [0.5, 0.6) is 0 Å². The molecule has 4 rings (SSSR count). The zero-order valence-electron chi connectivity index (χ0n) is 16.2. The summed E-state index contributed by atoms with van der Waals surface area (Å²) in [5.74, 6) is -0.198. The number of rotatable bonds is 8. The van der Waals surface area contributed by atoms with Gasteiger partial charge in [0.25, 0.3) is 5.91 Å². The molecule has 0 radical (unpaired) electrons. The molecule has 2 amide bonds. The van der Waals surface area contributed by atoms with Crippen LogP contribution in [0.3, 0.4) is 0 Å². The largest absolute Gasteiger partial charge is 0.354 e. The minimum atomic E-state index is -0.572. The number of fused-ring (bicyclic) bond motifs is 1. The van der Waals surface area contributed by atoms with Gasteiger partial charge in [-0.15, -0.1) is 0 Å². The van der Waals surface area contributed by atoms with Crippen LogP contribution in [0.25, 0.3) is 0 Å². The SMILES string of the molecule is O=C(NCCc1ccccc1)C1c2ccccc2C(=O)N1CCCn1ccnc1. The molecule has 2 aromatic carbocycles. The number of hydrogen-bond donors (Lipinski definition) is 1. The van der Waals surface area contributed by atoms with Crippen molar-refractivity contribution in [1.29, 1.82) is 0 Å². The molecule has 1 aromatic heterocycles. The maximum Gasteiger partial charge on any atom is 0.255 e. The second kappa shape index (κ2) is 8.73. The van der Waals surface area contributed by atoms with Crippen LogP contribution >= 0.6 is 0 Å². The van der Waals surface area contributed by atoms with Crippen LogP contribution in [-0.2, 0) is 17.8 Å². The Kier molecular flexibility index (Phi) is 5.70. The van der Waals surface area contributed by atoms with Gasteiger partial charge in [-0.1, -0.05) is 48.5 Å². The van der Waals surface area contributed by atoms with Crippen LogP contribution in [0.2, 0.25) is 0 Å². The van der Waals surface area contributed by atoms with Gasteiger partial charge < -0.3 is 14.8 Å². The van der Waals surface area contributed by atoms with Gasteiger partial charge in [0.15, 0.2) is 0 Å². The van der Waals surface area contributed by atoms with Gasteiger partial charge in [-0.2, -0.15) is 0 Å². The van der Waals surface area contributed by atoms with Crippen molar-refractivity contribution in [3.05, 3.63) is 90.0 Å². The first-order valence-electron chi connectivity index (χ1n) is 9.91. The van der Waals surface area contributed by atoms with E-state index in [9.17, 15) is 9.59 Å². The molecule has 1 aliphatic heterocycles. The van der Waals surface area contributed by atoms with E-state index in [1.165, 1.54) is 5.56 Å². The fourth-order valence-electron chi connectivity index (χ4n) is 3.80. The van der Waals surface area contributed by atoms with Crippen LogP contribution in [0.15, 0.2) is 73.3 Å². The highest BCUT2D eigenvalue weighted by Gasteiger charge is 2.40. The Morgan fingerprint density at radius 3 is 2.62 bits per heavy atom. The van der Waals surface area contributed by atoms with Gasteiger partial charge in [-0.3, -0.25) is 9.59 Å². The zero-order chi connectivity index (χ0) is 20.1. The summed E-state index contributed by atoms with van der Waals surface area (Å²) in [6, 6.07) is 16.9. The quantitative estimate of drug-likeness (QED) is 0.645. The number of carbonyl (C=O) groups is 2. The highest BCUT2D eigenvalue weighted by atomic mass is 16.2. The molecule has 0 saturated heterocycles. The Bertz CT molecular complexity index is 970. The molecule has 0 saturated carbocycles. The maximum atomic E-state index is 13.0. The highest BCUT2D eigenvalue weighted by Crippen LogP contribution is 2.33. The standard InChI is InChI=1S/C23H24N4O2/c28-22(25-12-11-18-7-2-1-3-8-18)21-19-9-4-5-10-20(19)23(29)27(21)15-6-14-26-16-13-24-17-26/h1-5,7-10,13,16-17,21H,6,11-12,14-15H2,(H,25,28). The lowest BCUT2D eigenvalue weighted by atomic mass is 10.0. The fraction of sp³-hybridized carbons (Fsp3) is 0.261. The Hall–Kier alpha value is -3.41. The number of nitrogens with zero attached hydrogens (tertiary/aromatic N) is 3. The van der Waals surface area contributed by atoms with Crippen molar-refractivity contribution in [2.24, 2.45) is 0 Å². The number of imidazole rings is 1. The summed E-state index contributed by atoms with van der Waals surface area (Å²) in [6.07, 6.45) is 6.90. The summed E-state index contributed by atoms with van der Waals surface area (Å²) < 4.78 is 1.97. The first kappa shape index (κ1) is 18.9. The Morgan fingerprint density at radius 1 is 1.03 bits per heavy atom. The smallest absolute Gasteiger partial charge is 0.255 e. The number of nitrogens with one attached hydrogen (secondary N) is 1. The predicted molar refractivity (Wildman–Crippen MR) is 110 cm³/mol. The maximum absolute atomic E-state index is 13.0. The third-order valence-corrected chi connectivity index (χ3v) is 5.24. The Labute approximate surface area is 170 Å². The first-order valence-corrected chi connectivity index (χ1v) is 9.91. The monoisotopic (exact) mass is 388 g/mol. The van der Waals surface area contributed by atoms with Gasteiger partial charge in [-0.05, 0) is 30.0 Å². The number of hydrogen-bond acceptors (Lipinski definition) is 3. The van der Waals surface area contributed by atoms with E-state index in [4.69, 9.17) is 0 Å². The van der Waals surface area contributed by atoms with Crippen molar-refractivity contribution >= 4 is 11.8 Å². The normalized spacial score (nSPS) is 15.4. The van der Waals surface area contributed by atoms with Gasteiger partial charge in [0.2, 0.25) is 5.91 Å². The van der Waals surface area contributed by atoms with Crippen molar-refractivity contribution in [2.75, 3.05) is 13.1 Å². The fourth-order valence-corrected chi connectivity index (χ4v) is 3.80. The summed E-state index contributed by atoms with van der Waals surface area (Å²) in [4.78, 5) is 31.7. The molecule has 3 aromatic rings. The van der Waals surface area contributed by atoms with Crippen molar-refractivity contribution in [1.82, 2.24) is 19.8 Å². The van der Waals surface area contributed by atoms with Crippen molar-refractivity contribution < 1.29 is 9.59 Å². The van der Waals surface area contributed by atoms with Crippen molar-refractivity contribution in [3.63, 3.8) is 0 Å². The molecule has 6 heteroatoms. The third kappa shape index (κ3) is 4.21. The van der Waals surface area contributed by atoms with Gasteiger partial charge >= 0.3 is 0 Å². The van der Waals surface area contributed by atoms with Crippen LogP contribution in [0.1, 0.15) is 33.9 Å². The van der Waals surface area contributed by atoms with E-state index >= 15 is 0 Å². The molecule has 0 spiro atoms. The van der Waals surface area contributed by atoms with E-state index in [1.54, 1.807) is 23.5 Å². The molecule has 6 nitrogen and oxygen atoms in total. The molecule has 1 aliphatic rings. The van der Waals surface area contributed by atoms with Crippen molar-refractivity contribution in [2.45, 2.75) is 25.4 Å². The third-order valence-electron chi connectivity index (χ3n) is 5.24. The van der Waals surface area contributed by atoms with E-state index < -0.39 is 6.04 Å². The average Bonchev–Trinajstić information content (AvgIpc) is 3.36. The summed E-state index contributed by atoms with van der Waals surface area (Å²) in [5.41, 5.74) is 2.59. The zero-order valence-corrected chi connectivity index (χ0v) is 16.2. The van der Waals surface area contributed by atoms with Crippen LogP contribution < -0.4 is 5.32 Å². The van der Waals surface area contributed by atoms with E-state index in [-0.39, 0.29) is 11.8 Å². The summed E-state index contributed by atoms with van der Waals surface area (Å²) >= 11 is 0. The van der Waals surface area contributed by atoms with Gasteiger partial charge in [0.05, 0.1) is 6.33 Å². The second-order valence-electron chi connectivity index (χ2n) is 7.17. The molecular formula is C23H24N4O2. The molecule has 148 valence electrons. The van der Waals surface area contributed by atoms with Gasteiger partial charge in [-0.25, -0.2) is 4.98 Å². The van der Waals surface area contributed by atoms with E-state index in [0.717, 1.165) is 24.9 Å². The molecule has 0 aliphatic carbocycles. The minimum absolute atomic E-state index is 0.0746. The van der Waals surface area contributed by atoms with Gasteiger partial charge in [0.1, 0.15) is 6.04 Å². The Morgan fingerprint density at radius 2 is 1.83 bits per heavy atom. The van der Waals surface area contributed by atoms with Gasteiger partial charge in [0, 0.05) is 37.6 Å². The summed E-state index contributed by atoms with van der Waals surface area (Å²) in [5, 5.41) is 3.02. The molecule has 1 unspecified atom stereocenters. The van der Waals surface area contributed by atoms with E-state index in [1.807, 2.05) is 59.3 Å². The summed E-state index contributed by atoms with van der Waals surface area (Å²) in [6.45, 7) is 1.81. The number of aryl methyl sites for hydroxylation is 1. The molecule has 0 fully saturated rings. The molecule has 1 N–H and O–H groups in total. The van der Waals surface area contributed by atoms with E-state index in [2.05, 4.69) is 10.3 Å². The number of benzene rings is 2. The molecule has 2 heterocycles. The summed E-state index contributed by atoms with van der Waals surface area (Å²) in [7, 11) is 0.